The Morgan fingerprint density at radius 2 is 1.75 bits per heavy atom. The highest BCUT2D eigenvalue weighted by atomic mass is 16.5. The van der Waals surface area contributed by atoms with E-state index in [0.717, 1.165) is 63.3 Å². The van der Waals surface area contributed by atoms with Crippen LogP contribution in [0.1, 0.15) is 52.7 Å². The van der Waals surface area contributed by atoms with Crippen LogP contribution >= 0.6 is 0 Å². The average molecular weight is 495 g/mol. The molecule has 5 rings (SSSR count). The summed E-state index contributed by atoms with van der Waals surface area (Å²) >= 11 is 0. The lowest BCUT2D eigenvalue weighted by Gasteiger charge is -2.34. The largest absolute Gasteiger partial charge is 0.491 e. The van der Waals surface area contributed by atoms with Crippen molar-refractivity contribution >= 4 is 5.91 Å². The van der Waals surface area contributed by atoms with Crippen molar-refractivity contribution in [1.82, 2.24) is 9.80 Å². The molecule has 2 aromatic rings. The molecule has 1 N–H and O–H groups in total. The normalized spacial score (nSPS) is 22.5. The fourth-order valence-electron chi connectivity index (χ4n) is 5.68. The second kappa shape index (κ2) is 12.2. The molecule has 3 aliphatic rings. The van der Waals surface area contributed by atoms with Gasteiger partial charge in [0.25, 0.3) is 5.91 Å². The molecule has 0 aromatic heterocycles. The molecule has 2 aromatic carbocycles. The third kappa shape index (κ3) is 6.09. The van der Waals surface area contributed by atoms with Gasteiger partial charge in [-0.3, -0.25) is 9.69 Å². The second-order valence-electron chi connectivity index (χ2n) is 10.1. The van der Waals surface area contributed by atoms with Gasteiger partial charge < -0.3 is 24.2 Å². The third-order valence-corrected chi connectivity index (χ3v) is 7.64. The van der Waals surface area contributed by atoms with Gasteiger partial charge in [-0.1, -0.05) is 24.3 Å². The van der Waals surface area contributed by atoms with E-state index in [1.165, 1.54) is 11.1 Å². The summed E-state index contributed by atoms with van der Waals surface area (Å²) in [4.78, 5) is 17.6. The highest BCUT2D eigenvalue weighted by Crippen LogP contribution is 2.27. The number of aliphatic hydroxyl groups excluding tert-OH is 1. The molecular formula is C29H38N2O5. The Kier molecular flexibility index (Phi) is 8.54. The topological polar surface area (TPSA) is 71.5 Å². The summed E-state index contributed by atoms with van der Waals surface area (Å²) in [6, 6.07) is 14.9. The van der Waals surface area contributed by atoms with Crippen LogP contribution in [0.2, 0.25) is 0 Å². The lowest BCUT2D eigenvalue weighted by atomic mass is 9.99. The molecule has 7 heteroatoms. The zero-order valence-electron chi connectivity index (χ0n) is 21.1. The Bertz CT molecular complexity index is 1020. The Morgan fingerprint density at radius 3 is 2.61 bits per heavy atom. The number of hydrogen-bond acceptors (Lipinski definition) is 6. The molecule has 2 fully saturated rings. The van der Waals surface area contributed by atoms with E-state index in [-0.39, 0.29) is 18.6 Å². The van der Waals surface area contributed by atoms with E-state index < -0.39 is 0 Å². The molecule has 0 aliphatic carbocycles. The van der Waals surface area contributed by atoms with Crippen LogP contribution in [0.25, 0.3) is 0 Å². The van der Waals surface area contributed by atoms with Gasteiger partial charge in [-0.25, -0.2) is 0 Å². The molecule has 3 aliphatic heterocycles. The number of aliphatic hydroxyl groups is 1. The van der Waals surface area contributed by atoms with Crippen molar-refractivity contribution < 1.29 is 24.1 Å². The minimum atomic E-state index is -0.0880. The van der Waals surface area contributed by atoms with Gasteiger partial charge in [0.05, 0.1) is 25.9 Å². The second-order valence-corrected chi connectivity index (χ2v) is 10.1. The summed E-state index contributed by atoms with van der Waals surface area (Å²) in [5.41, 5.74) is 4.14. The molecule has 0 saturated carbocycles. The summed E-state index contributed by atoms with van der Waals surface area (Å²) in [6.07, 6.45) is 4.59. The predicted molar refractivity (Wildman–Crippen MR) is 137 cm³/mol. The van der Waals surface area contributed by atoms with Crippen LogP contribution in [0.15, 0.2) is 42.5 Å². The number of benzene rings is 2. The quantitative estimate of drug-likeness (QED) is 0.706. The summed E-state index contributed by atoms with van der Waals surface area (Å²) in [7, 11) is 0. The number of hydrogen-bond donors (Lipinski definition) is 1. The van der Waals surface area contributed by atoms with Gasteiger partial charge in [0.15, 0.2) is 0 Å². The highest BCUT2D eigenvalue weighted by molar-refractivity contribution is 5.95. The first kappa shape index (κ1) is 25.2. The van der Waals surface area contributed by atoms with Gasteiger partial charge in [0.2, 0.25) is 0 Å². The van der Waals surface area contributed by atoms with Crippen molar-refractivity contribution in [1.29, 1.82) is 0 Å². The van der Waals surface area contributed by atoms with Gasteiger partial charge in [0.1, 0.15) is 12.4 Å². The van der Waals surface area contributed by atoms with Crippen molar-refractivity contribution in [3.8, 4) is 5.75 Å². The standard InChI is InChI=1S/C29H38N2O5/c32-21-27-5-2-10-31(27)29(33)24-6-7-28-25(19-24)18-22-3-1-4-23(17-22)20-30(11-14-35-15-16-36-28)26-8-12-34-13-9-26/h1,3-4,6-7,17,19,26-27,32H,2,5,8-16,18,20-21H2. The number of amides is 1. The first-order valence-electron chi connectivity index (χ1n) is 13.4. The van der Waals surface area contributed by atoms with E-state index in [4.69, 9.17) is 14.2 Å². The van der Waals surface area contributed by atoms with E-state index in [9.17, 15) is 9.90 Å². The molecule has 2 saturated heterocycles. The number of fused-ring (bicyclic) bond motifs is 3. The molecular weight excluding hydrogens is 456 g/mol. The van der Waals surface area contributed by atoms with E-state index in [0.29, 0.717) is 44.4 Å². The monoisotopic (exact) mass is 494 g/mol. The average Bonchev–Trinajstić information content (AvgIpc) is 3.39. The molecule has 2 bridgehead atoms. The lowest BCUT2D eigenvalue weighted by Crippen LogP contribution is -2.41. The SMILES string of the molecule is O=C(c1ccc2c(c1)Cc1cccc(c1)CN(C1CCOCC1)CCOCCO2)N1CCCC1CO. The van der Waals surface area contributed by atoms with Crippen LogP contribution in [0.5, 0.6) is 5.75 Å². The van der Waals surface area contributed by atoms with Gasteiger partial charge in [-0.2, -0.15) is 0 Å². The smallest absolute Gasteiger partial charge is 0.254 e. The number of rotatable bonds is 3. The van der Waals surface area contributed by atoms with Crippen molar-refractivity contribution in [2.75, 3.05) is 52.7 Å². The van der Waals surface area contributed by atoms with E-state index in [2.05, 4.69) is 29.2 Å². The van der Waals surface area contributed by atoms with Crippen LogP contribution in [0.4, 0.5) is 0 Å². The van der Waals surface area contributed by atoms with E-state index in [1.54, 1.807) is 0 Å². The van der Waals surface area contributed by atoms with Gasteiger partial charge in [0, 0.05) is 50.9 Å². The molecule has 0 spiro atoms. The van der Waals surface area contributed by atoms with Crippen molar-refractivity contribution in [3.63, 3.8) is 0 Å². The predicted octanol–water partition coefficient (Wildman–Crippen LogP) is 3.26. The van der Waals surface area contributed by atoms with Gasteiger partial charge in [-0.15, -0.1) is 0 Å². The van der Waals surface area contributed by atoms with Crippen LogP contribution in [-0.4, -0.2) is 85.6 Å². The summed E-state index contributed by atoms with van der Waals surface area (Å²) in [6.45, 7) is 5.80. The van der Waals surface area contributed by atoms with Crippen LogP contribution < -0.4 is 4.74 Å². The first-order valence-corrected chi connectivity index (χ1v) is 13.4. The zero-order chi connectivity index (χ0) is 24.7. The maximum Gasteiger partial charge on any atom is 0.254 e. The maximum absolute atomic E-state index is 13.3. The molecule has 7 nitrogen and oxygen atoms in total. The van der Waals surface area contributed by atoms with Crippen molar-refractivity contribution in [2.24, 2.45) is 0 Å². The molecule has 36 heavy (non-hydrogen) atoms. The first-order chi connectivity index (χ1) is 17.7. The highest BCUT2D eigenvalue weighted by Gasteiger charge is 2.29. The van der Waals surface area contributed by atoms with Crippen molar-refractivity contribution in [3.05, 3.63) is 64.7 Å². The molecule has 1 atom stereocenters. The van der Waals surface area contributed by atoms with Gasteiger partial charge in [-0.05, 0) is 60.6 Å². The Labute approximate surface area is 213 Å². The molecule has 3 heterocycles. The zero-order valence-corrected chi connectivity index (χ0v) is 21.1. The Hall–Kier alpha value is -2.45. The van der Waals surface area contributed by atoms with Crippen LogP contribution in [0.3, 0.4) is 0 Å². The summed E-state index contributed by atoms with van der Waals surface area (Å²) < 4.78 is 17.7. The minimum absolute atomic E-state index is 0.0114. The number of nitrogens with zero attached hydrogens (tertiary/aromatic N) is 2. The Balaban J connectivity index is 1.40. The number of carbonyl (C=O) groups is 1. The fraction of sp³-hybridized carbons (Fsp3) is 0.552. The van der Waals surface area contributed by atoms with Gasteiger partial charge >= 0.3 is 0 Å². The fourth-order valence-corrected chi connectivity index (χ4v) is 5.68. The number of ether oxygens (including phenoxy) is 3. The summed E-state index contributed by atoms with van der Waals surface area (Å²) in [5, 5.41) is 9.69. The number of carbonyl (C=O) groups excluding carboxylic acids is 1. The van der Waals surface area contributed by atoms with Crippen LogP contribution in [0, 0.1) is 0 Å². The molecule has 194 valence electrons. The molecule has 0 radical (unpaired) electrons. The third-order valence-electron chi connectivity index (χ3n) is 7.64. The molecule has 1 unspecified atom stereocenters. The van der Waals surface area contributed by atoms with E-state index in [1.807, 2.05) is 23.1 Å². The van der Waals surface area contributed by atoms with Crippen molar-refractivity contribution in [2.45, 2.75) is 50.7 Å². The minimum Gasteiger partial charge on any atom is -0.491 e. The van der Waals surface area contributed by atoms with Crippen LogP contribution in [-0.2, 0) is 22.4 Å². The lowest BCUT2D eigenvalue weighted by molar-refractivity contribution is 0.0133. The Morgan fingerprint density at radius 1 is 0.917 bits per heavy atom. The molecule has 1 amide bonds. The number of likely N-dealkylation sites (tertiary alicyclic amines) is 1. The maximum atomic E-state index is 13.3. The summed E-state index contributed by atoms with van der Waals surface area (Å²) in [5.74, 6) is 0.777. The van der Waals surface area contributed by atoms with E-state index >= 15 is 0 Å².